The molecule has 0 amide bonds. The van der Waals surface area contributed by atoms with Gasteiger partial charge in [-0.05, 0) is 51.8 Å². The maximum absolute atomic E-state index is 12.3. The highest BCUT2D eigenvalue weighted by Gasteiger charge is 2.17. The van der Waals surface area contributed by atoms with Crippen LogP contribution in [0.15, 0.2) is 63.0 Å². The first-order valence-electron chi connectivity index (χ1n) is 6.65. The zero-order valence-electron chi connectivity index (χ0n) is 11.8. The molecule has 0 atom stereocenters. The molecule has 3 aromatic rings. The minimum absolute atomic E-state index is 0.163. The monoisotopic (exact) mass is 409 g/mol. The summed E-state index contributed by atoms with van der Waals surface area (Å²) in [4.78, 5) is 8.43. The molecule has 0 aromatic carbocycles. The normalized spacial score (nSPS) is 11.5. The fourth-order valence-corrected chi connectivity index (χ4v) is 5.09. The molecule has 23 heavy (non-hydrogen) atoms. The van der Waals surface area contributed by atoms with Crippen LogP contribution in [0.2, 0.25) is 0 Å². The number of nitrogens with one attached hydrogen (secondary N) is 1. The molecule has 3 aromatic heterocycles. The molecule has 0 saturated heterocycles. The number of hydrogen-bond acceptors (Lipinski definition) is 5. The van der Waals surface area contributed by atoms with Crippen molar-refractivity contribution in [3.63, 3.8) is 0 Å². The molecule has 8 heteroatoms. The van der Waals surface area contributed by atoms with Crippen LogP contribution in [0.1, 0.15) is 5.56 Å². The van der Waals surface area contributed by atoms with E-state index >= 15 is 0 Å². The molecule has 5 nitrogen and oxygen atoms in total. The van der Waals surface area contributed by atoms with Crippen molar-refractivity contribution in [2.24, 2.45) is 0 Å². The fraction of sp³-hybridized carbons (Fsp3) is 0.0667. The molecule has 0 fully saturated rings. The number of thiophene rings is 1. The summed E-state index contributed by atoms with van der Waals surface area (Å²) >= 11 is 4.44. The Morgan fingerprint density at radius 1 is 1.13 bits per heavy atom. The molecule has 0 aliphatic carbocycles. The van der Waals surface area contributed by atoms with E-state index in [1.165, 1.54) is 11.3 Å². The van der Waals surface area contributed by atoms with Crippen molar-refractivity contribution < 1.29 is 8.42 Å². The van der Waals surface area contributed by atoms with Gasteiger partial charge in [0, 0.05) is 30.7 Å². The average molecular weight is 410 g/mol. The second-order valence-electron chi connectivity index (χ2n) is 4.64. The minimum atomic E-state index is -3.54. The first kappa shape index (κ1) is 16.3. The Balaban J connectivity index is 1.84. The number of pyridine rings is 2. The lowest BCUT2D eigenvalue weighted by atomic mass is 10.1. The fourth-order valence-electron chi connectivity index (χ4n) is 2.03. The Bertz CT molecular complexity index is 911. The second kappa shape index (κ2) is 6.88. The molecule has 118 valence electrons. The highest BCUT2D eigenvalue weighted by Crippen LogP contribution is 2.26. The van der Waals surface area contributed by atoms with Crippen LogP contribution in [0.5, 0.6) is 0 Å². The van der Waals surface area contributed by atoms with Gasteiger partial charge in [-0.3, -0.25) is 9.97 Å². The molecule has 0 unspecified atom stereocenters. The first-order chi connectivity index (χ1) is 11.1. The third kappa shape index (κ3) is 3.84. The predicted octanol–water partition coefficient (Wildman–Crippen LogP) is 3.45. The average Bonchev–Trinajstić information content (AvgIpc) is 3.02. The van der Waals surface area contributed by atoms with Crippen molar-refractivity contribution in [1.82, 2.24) is 14.7 Å². The van der Waals surface area contributed by atoms with Gasteiger partial charge in [0.1, 0.15) is 4.21 Å². The Labute approximate surface area is 146 Å². The van der Waals surface area contributed by atoms with E-state index in [0.29, 0.717) is 0 Å². The summed E-state index contributed by atoms with van der Waals surface area (Å²) < 4.78 is 28.3. The van der Waals surface area contributed by atoms with E-state index in [1.807, 2.05) is 18.2 Å². The molecule has 0 aliphatic heterocycles. The van der Waals surface area contributed by atoms with E-state index in [1.54, 1.807) is 36.8 Å². The van der Waals surface area contributed by atoms with Crippen molar-refractivity contribution in [3.05, 3.63) is 64.3 Å². The van der Waals surface area contributed by atoms with E-state index in [2.05, 4.69) is 30.6 Å². The smallest absolute Gasteiger partial charge is 0.250 e. The molecule has 0 bridgehead atoms. The number of sulfonamides is 1. The molecular weight excluding hydrogens is 398 g/mol. The molecule has 3 heterocycles. The summed E-state index contributed by atoms with van der Waals surface area (Å²) in [6, 6.07) is 10.6. The maximum Gasteiger partial charge on any atom is 0.250 e. The van der Waals surface area contributed by atoms with Gasteiger partial charge in [0.05, 0.1) is 9.48 Å². The largest absolute Gasteiger partial charge is 0.264 e. The summed E-state index contributed by atoms with van der Waals surface area (Å²) in [5.41, 5.74) is 2.36. The zero-order chi connectivity index (χ0) is 16.3. The summed E-state index contributed by atoms with van der Waals surface area (Å²) in [5, 5.41) is 0. The lowest BCUT2D eigenvalue weighted by Gasteiger charge is -2.09. The number of nitrogens with zero attached hydrogens (tertiary/aromatic N) is 2. The van der Waals surface area contributed by atoms with Gasteiger partial charge in [0.25, 0.3) is 0 Å². The van der Waals surface area contributed by atoms with Crippen LogP contribution in [0.3, 0.4) is 0 Å². The summed E-state index contributed by atoms with van der Waals surface area (Å²) in [6.07, 6.45) is 5.07. The molecule has 0 spiro atoms. The standard InChI is InChI=1S/C15H12BrN3O2S2/c16-13-5-6-14(22-13)23(20,21)19-10-12-4-2-8-18-15(12)11-3-1-7-17-9-11/h1-9,19H,10H2. The summed E-state index contributed by atoms with van der Waals surface area (Å²) in [6.45, 7) is 0.163. The van der Waals surface area contributed by atoms with Crippen LogP contribution in [0.4, 0.5) is 0 Å². The van der Waals surface area contributed by atoms with Crippen molar-refractivity contribution in [1.29, 1.82) is 0 Å². The lowest BCUT2D eigenvalue weighted by molar-refractivity contribution is 0.583. The summed E-state index contributed by atoms with van der Waals surface area (Å²) in [5.74, 6) is 0. The van der Waals surface area contributed by atoms with Gasteiger partial charge in [0.2, 0.25) is 10.0 Å². The number of halogens is 1. The zero-order valence-corrected chi connectivity index (χ0v) is 15.0. The maximum atomic E-state index is 12.3. The van der Waals surface area contributed by atoms with E-state index in [0.717, 1.165) is 20.6 Å². The molecule has 1 N–H and O–H groups in total. The number of aromatic nitrogens is 2. The van der Waals surface area contributed by atoms with Crippen LogP contribution in [-0.2, 0) is 16.6 Å². The van der Waals surface area contributed by atoms with Gasteiger partial charge in [-0.25, -0.2) is 13.1 Å². The number of rotatable bonds is 5. The third-order valence-electron chi connectivity index (χ3n) is 3.09. The van der Waals surface area contributed by atoms with E-state index < -0.39 is 10.0 Å². The van der Waals surface area contributed by atoms with Gasteiger partial charge in [-0.2, -0.15) is 0 Å². The molecular formula is C15H12BrN3O2S2. The number of hydrogen-bond donors (Lipinski definition) is 1. The molecule has 0 saturated carbocycles. The van der Waals surface area contributed by atoms with Gasteiger partial charge < -0.3 is 0 Å². The Hall–Kier alpha value is -1.61. The SMILES string of the molecule is O=S(=O)(NCc1cccnc1-c1cccnc1)c1ccc(Br)s1. The molecule has 3 rings (SSSR count). The van der Waals surface area contributed by atoms with Crippen LogP contribution >= 0.6 is 27.3 Å². The second-order valence-corrected chi connectivity index (χ2v) is 9.09. The summed E-state index contributed by atoms with van der Waals surface area (Å²) in [7, 11) is -3.54. The van der Waals surface area contributed by atoms with E-state index in [-0.39, 0.29) is 10.8 Å². The van der Waals surface area contributed by atoms with Crippen molar-refractivity contribution >= 4 is 37.3 Å². The van der Waals surface area contributed by atoms with Crippen molar-refractivity contribution in [2.75, 3.05) is 0 Å². The molecule has 0 aliphatic rings. The highest BCUT2D eigenvalue weighted by atomic mass is 79.9. The van der Waals surface area contributed by atoms with Crippen LogP contribution in [0.25, 0.3) is 11.3 Å². The van der Waals surface area contributed by atoms with E-state index in [9.17, 15) is 8.42 Å². The van der Waals surface area contributed by atoms with Crippen LogP contribution < -0.4 is 4.72 Å². The predicted molar refractivity (Wildman–Crippen MR) is 93.5 cm³/mol. The minimum Gasteiger partial charge on any atom is -0.264 e. The van der Waals surface area contributed by atoms with E-state index in [4.69, 9.17) is 0 Å². The molecule has 0 radical (unpaired) electrons. The van der Waals surface area contributed by atoms with Gasteiger partial charge >= 0.3 is 0 Å². The van der Waals surface area contributed by atoms with Crippen molar-refractivity contribution in [2.45, 2.75) is 10.8 Å². The highest BCUT2D eigenvalue weighted by molar-refractivity contribution is 9.11. The Morgan fingerprint density at radius 3 is 2.65 bits per heavy atom. The third-order valence-corrected chi connectivity index (χ3v) is 6.61. The van der Waals surface area contributed by atoms with Crippen LogP contribution in [0, 0.1) is 0 Å². The van der Waals surface area contributed by atoms with Gasteiger partial charge in [-0.15, -0.1) is 11.3 Å². The van der Waals surface area contributed by atoms with Gasteiger partial charge in [-0.1, -0.05) is 6.07 Å². The Kier molecular flexibility index (Phi) is 4.86. The Morgan fingerprint density at radius 2 is 1.96 bits per heavy atom. The van der Waals surface area contributed by atoms with Gasteiger partial charge in [0.15, 0.2) is 0 Å². The lowest BCUT2D eigenvalue weighted by Crippen LogP contribution is -2.22. The first-order valence-corrected chi connectivity index (χ1v) is 9.75. The quantitative estimate of drug-likeness (QED) is 0.700. The topological polar surface area (TPSA) is 72.0 Å². The van der Waals surface area contributed by atoms with Crippen LogP contribution in [-0.4, -0.2) is 18.4 Å². The van der Waals surface area contributed by atoms with Crippen molar-refractivity contribution in [3.8, 4) is 11.3 Å².